The number of fused-ring (bicyclic) bond motifs is 3. The Morgan fingerprint density at radius 3 is 2.39 bits per heavy atom. The Bertz CT molecular complexity index is 1150. The van der Waals surface area contributed by atoms with Crippen molar-refractivity contribution in [1.82, 2.24) is 4.90 Å². The average Bonchev–Trinajstić information content (AvgIpc) is 2.72. The van der Waals surface area contributed by atoms with Gasteiger partial charge in [-0.05, 0) is 44.0 Å². The molecule has 4 rings (SSSR count). The zero-order valence-electron chi connectivity index (χ0n) is 19.2. The van der Waals surface area contributed by atoms with Gasteiger partial charge in [0.15, 0.2) is 11.6 Å². The Kier molecular flexibility index (Phi) is 5.44. The van der Waals surface area contributed by atoms with E-state index in [0.717, 1.165) is 0 Å². The lowest BCUT2D eigenvalue weighted by molar-refractivity contribution is -0.126. The average molecular weight is 452 g/mol. The van der Waals surface area contributed by atoms with Crippen molar-refractivity contribution in [3.05, 3.63) is 58.9 Å². The van der Waals surface area contributed by atoms with Gasteiger partial charge in [0.05, 0.1) is 17.3 Å². The first-order chi connectivity index (χ1) is 15.5. The predicted octanol–water partition coefficient (Wildman–Crippen LogP) is 1.91. The van der Waals surface area contributed by atoms with E-state index in [0.29, 0.717) is 23.2 Å². The number of ketones is 2. The molecule has 8 heteroatoms. The van der Waals surface area contributed by atoms with Crippen molar-refractivity contribution < 1.29 is 24.6 Å². The van der Waals surface area contributed by atoms with Crippen molar-refractivity contribution in [3.8, 4) is 5.75 Å². The molecule has 0 saturated heterocycles. The van der Waals surface area contributed by atoms with E-state index in [1.165, 1.54) is 0 Å². The number of primary amides is 1. The number of likely N-dealkylation sites (N-methyl/N-ethyl adjacent to an activating group) is 1. The molecule has 1 aromatic rings. The van der Waals surface area contributed by atoms with Crippen LogP contribution in [0.15, 0.2) is 47.8 Å². The largest absolute Gasteiger partial charge is 0.510 e. The van der Waals surface area contributed by atoms with Crippen LogP contribution in [0.2, 0.25) is 0 Å². The van der Waals surface area contributed by atoms with E-state index < -0.39 is 29.2 Å². The number of anilines is 1. The van der Waals surface area contributed by atoms with Gasteiger partial charge < -0.3 is 20.8 Å². The number of carbonyl (C=O) groups is 3. The lowest BCUT2D eigenvalue weighted by Gasteiger charge is -2.46. The van der Waals surface area contributed by atoms with E-state index in [4.69, 9.17) is 5.73 Å². The number of allylic oxidation sites excluding steroid dienone is 3. The van der Waals surface area contributed by atoms with E-state index >= 15 is 0 Å². The molecule has 0 aliphatic heterocycles. The Balaban J connectivity index is 1.91. The number of nitrogens with two attached hydrogens (primary N) is 1. The molecule has 4 unspecified atom stereocenters. The van der Waals surface area contributed by atoms with E-state index in [1.54, 1.807) is 56.2 Å². The Morgan fingerprint density at radius 2 is 1.85 bits per heavy atom. The van der Waals surface area contributed by atoms with Crippen LogP contribution in [0.5, 0.6) is 5.75 Å². The fraction of sp³-hybridized carbons (Fsp3) is 0.400. The SMILES string of the molecule is C=C[C@H]1c2ccc(N(C)C)c(O)c2C(=O)C2=CC3C(=O)C(C(N)=O)=C(O)C(N(C)C)C3CC21. The van der Waals surface area contributed by atoms with Crippen molar-refractivity contribution in [1.29, 1.82) is 0 Å². The van der Waals surface area contributed by atoms with Gasteiger partial charge in [0, 0.05) is 31.5 Å². The normalized spacial score (nSPS) is 28.6. The number of aromatic hydroxyl groups is 1. The summed E-state index contributed by atoms with van der Waals surface area (Å²) in [6, 6.07) is 3.02. The molecule has 0 aromatic heterocycles. The molecule has 1 aromatic carbocycles. The van der Waals surface area contributed by atoms with Gasteiger partial charge in [-0.15, -0.1) is 6.58 Å². The second-order valence-electron chi connectivity index (χ2n) is 9.43. The summed E-state index contributed by atoms with van der Waals surface area (Å²) >= 11 is 0. The third-order valence-corrected chi connectivity index (χ3v) is 7.25. The van der Waals surface area contributed by atoms with Crippen LogP contribution in [0.4, 0.5) is 5.69 Å². The molecule has 8 nitrogen and oxygen atoms in total. The molecular weight excluding hydrogens is 422 g/mol. The molecule has 0 heterocycles. The molecule has 0 spiro atoms. The zero-order valence-corrected chi connectivity index (χ0v) is 19.2. The Morgan fingerprint density at radius 1 is 1.18 bits per heavy atom. The maximum Gasteiger partial charge on any atom is 0.255 e. The summed E-state index contributed by atoms with van der Waals surface area (Å²) in [7, 11) is 7.08. The highest BCUT2D eigenvalue weighted by molar-refractivity contribution is 6.22. The van der Waals surface area contributed by atoms with E-state index in [2.05, 4.69) is 6.58 Å². The summed E-state index contributed by atoms with van der Waals surface area (Å²) in [5.74, 6) is -3.97. The fourth-order valence-electron chi connectivity index (χ4n) is 5.83. The van der Waals surface area contributed by atoms with Gasteiger partial charge in [-0.1, -0.05) is 18.2 Å². The quantitative estimate of drug-likeness (QED) is 0.472. The van der Waals surface area contributed by atoms with Gasteiger partial charge in [-0.25, -0.2) is 0 Å². The molecule has 0 radical (unpaired) electrons. The topological polar surface area (TPSA) is 124 Å². The van der Waals surface area contributed by atoms with Crippen LogP contribution in [-0.4, -0.2) is 66.8 Å². The van der Waals surface area contributed by atoms with Crippen LogP contribution in [-0.2, 0) is 9.59 Å². The minimum Gasteiger partial charge on any atom is -0.510 e. The summed E-state index contributed by atoms with van der Waals surface area (Å²) in [5, 5.41) is 21.7. The molecule has 3 aliphatic carbocycles. The molecule has 174 valence electrons. The summed E-state index contributed by atoms with van der Waals surface area (Å²) in [6.45, 7) is 3.98. The molecule has 1 amide bonds. The first kappa shape index (κ1) is 22.8. The van der Waals surface area contributed by atoms with Crippen LogP contribution in [0.3, 0.4) is 0 Å². The molecule has 0 bridgehead atoms. The van der Waals surface area contributed by atoms with E-state index in [-0.39, 0.29) is 40.6 Å². The van der Waals surface area contributed by atoms with Gasteiger partial charge in [-0.2, -0.15) is 0 Å². The third kappa shape index (κ3) is 3.20. The number of Topliss-reactive ketones (excluding diaryl/α,β-unsaturated/α-hetero) is 2. The second kappa shape index (κ2) is 7.88. The lowest BCUT2D eigenvalue weighted by atomic mass is 9.59. The van der Waals surface area contributed by atoms with Gasteiger partial charge >= 0.3 is 0 Å². The number of phenols is 1. The maximum atomic E-state index is 13.6. The van der Waals surface area contributed by atoms with Crippen molar-refractivity contribution in [2.45, 2.75) is 18.4 Å². The van der Waals surface area contributed by atoms with Crippen molar-refractivity contribution in [3.63, 3.8) is 0 Å². The second-order valence-corrected chi connectivity index (χ2v) is 9.43. The van der Waals surface area contributed by atoms with Gasteiger partial charge in [0.25, 0.3) is 5.91 Å². The molecule has 0 fully saturated rings. The van der Waals surface area contributed by atoms with Crippen molar-refractivity contribution in [2.24, 2.45) is 23.5 Å². The smallest absolute Gasteiger partial charge is 0.255 e. The minimum absolute atomic E-state index is 0.104. The highest BCUT2D eigenvalue weighted by Crippen LogP contribution is 2.53. The summed E-state index contributed by atoms with van der Waals surface area (Å²) in [5.41, 5.74) is 6.87. The molecule has 5 atom stereocenters. The van der Waals surface area contributed by atoms with Gasteiger partial charge in [-0.3, -0.25) is 19.3 Å². The molecule has 4 N–H and O–H groups in total. The number of nitrogens with zero attached hydrogens (tertiary/aromatic N) is 2. The predicted molar refractivity (Wildman–Crippen MR) is 124 cm³/mol. The Labute approximate surface area is 192 Å². The third-order valence-electron chi connectivity index (χ3n) is 7.25. The number of benzene rings is 1. The highest BCUT2D eigenvalue weighted by Gasteiger charge is 2.52. The molecule has 33 heavy (non-hydrogen) atoms. The molecule has 0 saturated carbocycles. The first-order valence-corrected chi connectivity index (χ1v) is 10.9. The number of hydrogen-bond acceptors (Lipinski definition) is 7. The minimum atomic E-state index is -0.985. The fourth-order valence-corrected chi connectivity index (χ4v) is 5.83. The van der Waals surface area contributed by atoms with Gasteiger partial charge in [0.2, 0.25) is 0 Å². The number of carbonyl (C=O) groups excluding carboxylic acids is 3. The maximum absolute atomic E-state index is 13.6. The summed E-state index contributed by atoms with van der Waals surface area (Å²) < 4.78 is 0. The van der Waals surface area contributed by atoms with Crippen LogP contribution < -0.4 is 10.6 Å². The van der Waals surface area contributed by atoms with Crippen molar-refractivity contribution >= 4 is 23.2 Å². The molecular formula is C25H29N3O5. The van der Waals surface area contributed by atoms with Crippen LogP contribution in [0.1, 0.15) is 28.3 Å². The monoisotopic (exact) mass is 451 g/mol. The number of aliphatic hydroxyl groups excluding tert-OH is 1. The lowest BCUT2D eigenvalue weighted by Crippen LogP contribution is -2.52. The van der Waals surface area contributed by atoms with E-state index in [1.807, 2.05) is 6.07 Å². The summed E-state index contributed by atoms with van der Waals surface area (Å²) in [4.78, 5) is 42.3. The summed E-state index contributed by atoms with van der Waals surface area (Å²) in [6.07, 6.45) is 3.81. The van der Waals surface area contributed by atoms with E-state index in [9.17, 15) is 24.6 Å². The van der Waals surface area contributed by atoms with Crippen LogP contribution in [0, 0.1) is 17.8 Å². The number of amides is 1. The zero-order chi connectivity index (χ0) is 24.4. The number of phenolic OH excluding ortho intramolecular Hbond substituents is 1. The van der Waals surface area contributed by atoms with Crippen LogP contribution in [0.25, 0.3) is 0 Å². The number of aliphatic hydroxyl groups is 1. The first-order valence-electron chi connectivity index (χ1n) is 10.9. The molecule has 3 aliphatic rings. The van der Waals surface area contributed by atoms with Crippen molar-refractivity contribution in [2.75, 3.05) is 33.1 Å². The standard InChI is InChI=1S/C25H29N3O5/c1-6-11-12-7-8-17(27(2)3)23(31)18(12)21(29)15-10-16-14(9-13(11)15)20(28(4)5)24(32)19(22(16)30)25(26)33/h6-8,10-11,13-14,16,20,31-32H,1,9H2,2-5H3,(H2,26,33)/t11-,13?,14?,16?,20?/m0/s1. The van der Waals surface area contributed by atoms with Gasteiger partial charge in [0.1, 0.15) is 17.1 Å². The number of rotatable bonds is 4. The Hall–Kier alpha value is -3.39. The van der Waals surface area contributed by atoms with Crippen LogP contribution >= 0.6 is 0 Å². The number of hydrogen-bond donors (Lipinski definition) is 3. The highest BCUT2D eigenvalue weighted by atomic mass is 16.3.